The van der Waals surface area contributed by atoms with E-state index >= 15 is 0 Å². The van der Waals surface area contributed by atoms with Gasteiger partial charge in [-0.1, -0.05) is 13.8 Å². The van der Waals surface area contributed by atoms with E-state index in [4.69, 9.17) is 9.72 Å². The summed E-state index contributed by atoms with van der Waals surface area (Å²) >= 11 is 0. The highest BCUT2D eigenvalue weighted by Crippen LogP contribution is 2.35. The fourth-order valence-corrected chi connectivity index (χ4v) is 4.43. The van der Waals surface area contributed by atoms with E-state index in [0.29, 0.717) is 33.9 Å². The number of fused-ring (bicyclic) bond motifs is 2. The first kappa shape index (κ1) is 24.2. The van der Waals surface area contributed by atoms with Crippen LogP contribution in [-0.2, 0) is 4.79 Å². The Balaban J connectivity index is 1.41. The lowest BCUT2D eigenvalue weighted by Gasteiger charge is -2.08. The fourth-order valence-electron chi connectivity index (χ4n) is 4.43. The second-order valence-corrected chi connectivity index (χ2v) is 9.48. The lowest BCUT2D eigenvalue weighted by atomic mass is 10.0. The van der Waals surface area contributed by atoms with Crippen molar-refractivity contribution < 1.29 is 13.9 Å². The molecule has 10 heteroatoms. The highest BCUT2D eigenvalue weighted by atomic mass is 19.1. The number of hydrogen-bond donors (Lipinski definition) is 3. The third-order valence-corrected chi connectivity index (χ3v) is 6.45. The molecule has 6 rings (SSSR count). The predicted octanol–water partition coefficient (Wildman–Crippen LogP) is 5.97. The monoisotopic (exact) mass is 521 g/mol. The van der Waals surface area contributed by atoms with Crippen molar-refractivity contribution in [3.05, 3.63) is 73.1 Å². The summed E-state index contributed by atoms with van der Waals surface area (Å²) in [6, 6.07) is 12.1. The van der Waals surface area contributed by atoms with Crippen molar-refractivity contribution in [1.29, 1.82) is 0 Å². The maximum absolute atomic E-state index is 14.2. The number of aromatic nitrogens is 6. The Morgan fingerprint density at radius 3 is 2.64 bits per heavy atom. The smallest absolute Gasteiger partial charge is 0.226 e. The number of nitrogens with zero attached hydrogens (tertiary/aromatic N) is 4. The van der Waals surface area contributed by atoms with Gasteiger partial charge in [0.1, 0.15) is 22.8 Å². The Morgan fingerprint density at radius 2 is 1.82 bits per heavy atom. The van der Waals surface area contributed by atoms with Crippen LogP contribution < -0.4 is 10.1 Å². The number of methoxy groups -OCH3 is 1. The summed E-state index contributed by atoms with van der Waals surface area (Å²) in [6.07, 6.45) is 6.73. The summed E-state index contributed by atoms with van der Waals surface area (Å²) in [5.74, 6) is -0.199. The lowest BCUT2D eigenvalue weighted by molar-refractivity contribution is -0.118. The van der Waals surface area contributed by atoms with Gasteiger partial charge in [0.25, 0.3) is 0 Å². The Hall–Kier alpha value is -5.12. The maximum atomic E-state index is 14.2. The van der Waals surface area contributed by atoms with Gasteiger partial charge < -0.3 is 15.0 Å². The van der Waals surface area contributed by atoms with Gasteiger partial charge in [0.05, 0.1) is 47.6 Å². The highest BCUT2D eigenvalue weighted by molar-refractivity contribution is 6.00. The number of carbonyl (C=O) groups excluding carboxylic acids is 1. The number of amides is 1. The summed E-state index contributed by atoms with van der Waals surface area (Å²) in [5, 5.41) is 11.3. The summed E-state index contributed by atoms with van der Waals surface area (Å²) in [5.41, 5.74) is 7.01. The first-order valence-electron chi connectivity index (χ1n) is 12.3. The van der Waals surface area contributed by atoms with Crippen LogP contribution in [0, 0.1) is 11.7 Å². The van der Waals surface area contributed by atoms with Gasteiger partial charge in [0.2, 0.25) is 5.91 Å². The van der Waals surface area contributed by atoms with Gasteiger partial charge in [-0.15, -0.1) is 0 Å². The molecule has 0 aliphatic carbocycles. The molecule has 39 heavy (non-hydrogen) atoms. The third-order valence-electron chi connectivity index (χ3n) is 6.45. The third kappa shape index (κ3) is 4.56. The molecule has 0 aliphatic rings. The second kappa shape index (κ2) is 9.64. The van der Waals surface area contributed by atoms with Gasteiger partial charge in [0, 0.05) is 40.9 Å². The lowest BCUT2D eigenvalue weighted by Crippen LogP contribution is -2.17. The summed E-state index contributed by atoms with van der Waals surface area (Å²) in [4.78, 5) is 29.0. The number of H-pyrrole nitrogens is 2. The van der Waals surface area contributed by atoms with Crippen LogP contribution in [0.3, 0.4) is 0 Å². The molecule has 0 saturated carbocycles. The van der Waals surface area contributed by atoms with Crippen molar-refractivity contribution in [3.63, 3.8) is 0 Å². The molecule has 0 saturated heterocycles. The molecule has 0 radical (unpaired) electrons. The predicted molar refractivity (Wildman–Crippen MR) is 148 cm³/mol. The molecule has 194 valence electrons. The van der Waals surface area contributed by atoms with Crippen LogP contribution in [0.4, 0.5) is 10.1 Å². The summed E-state index contributed by atoms with van der Waals surface area (Å²) in [6.45, 7) is 3.67. The van der Waals surface area contributed by atoms with Crippen LogP contribution in [0.5, 0.6) is 5.75 Å². The first-order valence-corrected chi connectivity index (χ1v) is 12.3. The number of aromatic amines is 2. The molecule has 0 spiro atoms. The van der Waals surface area contributed by atoms with Crippen molar-refractivity contribution in [2.75, 3.05) is 12.4 Å². The normalized spacial score (nSPS) is 11.4. The van der Waals surface area contributed by atoms with Crippen LogP contribution >= 0.6 is 0 Å². The van der Waals surface area contributed by atoms with Crippen LogP contribution in [-0.4, -0.2) is 43.2 Å². The number of rotatable bonds is 6. The molecule has 0 aliphatic heterocycles. The zero-order chi connectivity index (χ0) is 27.1. The number of hydrogen-bond acceptors (Lipinski definition) is 6. The molecule has 5 heterocycles. The number of carbonyl (C=O) groups is 1. The van der Waals surface area contributed by atoms with Crippen LogP contribution in [0.1, 0.15) is 13.8 Å². The number of pyridine rings is 3. The molecular weight excluding hydrogens is 497 g/mol. The van der Waals surface area contributed by atoms with E-state index < -0.39 is 5.82 Å². The molecular formula is C29H24FN7O2. The molecule has 6 aromatic rings. The quantitative estimate of drug-likeness (QED) is 0.248. The SMILES string of the molecule is COc1cc(F)cc(-c2cncc3[nH]c(-c4n[nH]c5ccc(-c6cncc(NC(=O)C(C)C)c6)nc45)cc23)c1. The van der Waals surface area contributed by atoms with E-state index in [1.807, 2.05) is 38.1 Å². The van der Waals surface area contributed by atoms with Gasteiger partial charge in [-0.25, -0.2) is 9.37 Å². The van der Waals surface area contributed by atoms with Crippen LogP contribution in [0.25, 0.3) is 55.7 Å². The average molecular weight is 522 g/mol. The summed E-state index contributed by atoms with van der Waals surface area (Å²) < 4.78 is 19.5. The van der Waals surface area contributed by atoms with Gasteiger partial charge in [-0.3, -0.25) is 19.9 Å². The summed E-state index contributed by atoms with van der Waals surface area (Å²) in [7, 11) is 1.50. The zero-order valence-electron chi connectivity index (χ0n) is 21.4. The average Bonchev–Trinajstić information content (AvgIpc) is 3.56. The molecule has 0 bridgehead atoms. The number of benzene rings is 1. The van der Waals surface area contributed by atoms with Crippen LogP contribution in [0.2, 0.25) is 0 Å². The van der Waals surface area contributed by atoms with E-state index in [-0.39, 0.29) is 11.8 Å². The minimum atomic E-state index is -0.394. The molecule has 1 aromatic carbocycles. The van der Waals surface area contributed by atoms with Crippen molar-refractivity contribution >= 4 is 33.5 Å². The van der Waals surface area contributed by atoms with Crippen LogP contribution in [0.15, 0.2) is 67.3 Å². The van der Waals surface area contributed by atoms with E-state index in [1.165, 1.54) is 19.2 Å². The number of halogens is 1. The molecule has 0 atom stereocenters. The van der Waals surface area contributed by atoms with Gasteiger partial charge in [0.15, 0.2) is 0 Å². The molecule has 0 unspecified atom stereocenters. The Morgan fingerprint density at radius 1 is 0.974 bits per heavy atom. The molecule has 0 fully saturated rings. The van der Waals surface area contributed by atoms with Gasteiger partial charge in [-0.2, -0.15) is 5.10 Å². The fraction of sp³-hybridized carbons (Fsp3) is 0.138. The second-order valence-electron chi connectivity index (χ2n) is 9.48. The highest BCUT2D eigenvalue weighted by Gasteiger charge is 2.17. The van der Waals surface area contributed by atoms with Crippen molar-refractivity contribution in [3.8, 4) is 39.5 Å². The molecule has 1 amide bonds. The standard InChI is InChI=1S/C29H24FN7O2/c1-15(2)29(38)33-19-7-17(11-31-12-19)23-4-5-24-27(35-23)28(37-36-24)25-10-21-22(13-32-14-26(21)34-25)16-6-18(30)9-20(8-16)39-3/h4-15,34H,1-3H3,(H,33,38)(H,36,37). The zero-order valence-corrected chi connectivity index (χ0v) is 21.4. The molecule has 5 aromatic heterocycles. The van der Waals surface area contributed by atoms with E-state index in [0.717, 1.165) is 33.2 Å². The maximum Gasteiger partial charge on any atom is 0.226 e. The van der Waals surface area contributed by atoms with E-state index in [2.05, 4.69) is 30.5 Å². The number of ether oxygens (including phenoxy) is 1. The topological polar surface area (TPSA) is 121 Å². The van der Waals surface area contributed by atoms with Crippen molar-refractivity contribution in [1.82, 2.24) is 30.1 Å². The van der Waals surface area contributed by atoms with Gasteiger partial charge in [-0.05, 0) is 42.0 Å². The Kier molecular flexibility index (Phi) is 5.99. The van der Waals surface area contributed by atoms with Crippen molar-refractivity contribution in [2.45, 2.75) is 13.8 Å². The number of nitrogens with one attached hydrogen (secondary N) is 3. The van der Waals surface area contributed by atoms with E-state index in [9.17, 15) is 9.18 Å². The molecule has 9 nitrogen and oxygen atoms in total. The molecule has 3 N–H and O–H groups in total. The van der Waals surface area contributed by atoms with E-state index in [1.54, 1.807) is 30.9 Å². The van der Waals surface area contributed by atoms with Gasteiger partial charge >= 0.3 is 0 Å². The minimum absolute atomic E-state index is 0.0844. The minimum Gasteiger partial charge on any atom is -0.497 e. The largest absolute Gasteiger partial charge is 0.497 e. The van der Waals surface area contributed by atoms with Crippen molar-refractivity contribution in [2.24, 2.45) is 5.92 Å². The Labute approximate surface area is 222 Å². The number of anilines is 1. The Bertz CT molecular complexity index is 1860. The first-order chi connectivity index (χ1) is 18.9.